The van der Waals surface area contributed by atoms with Crippen molar-refractivity contribution in [3.05, 3.63) is 34.3 Å². The van der Waals surface area contributed by atoms with Crippen LogP contribution in [0.25, 0.3) is 0 Å². The van der Waals surface area contributed by atoms with Gasteiger partial charge in [-0.25, -0.2) is 0 Å². The Labute approximate surface area is 99.8 Å². The van der Waals surface area contributed by atoms with Gasteiger partial charge in [0.1, 0.15) is 0 Å². The first-order valence-electron chi connectivity index (χ1n) is 5.29. The van der Waals surface area contributed by atoms with Gasteiger partial charge >= 0.3 is 0 Å². The number of hydrogen-bond acceptors (Lipinski definition) is 2. The molecule has 0 fully saturated rings. The van der Waals surface area contributed by atoms with E-state index in [4.69, 9.17) is 5.11 Å². The van der Waals surface area contributed by atoms with E-state index in [1.165, 1.54) is 5.56 Å². The normalized spacial score (nSPS) is 14.9. The van der Waals surface area contributed by atoms with E-state index in [0.717, 1.165) is 10.9 Å². The average Bonchev–Trinajstić information content (AvgIpc) is 2.25. The molecule has 0 aliphatic rings. The van der Waals surface area contributed by atoms with Gasteiger partial charge in [-0.3, -0.25) is 0 Å². The van der Waals surface area contributed by atoms with Crippen LogP contribution in [0.4, 0.5) is 0 Å². The van der Waals surface area contributed by atoms with Crippen LogP contribution in [0.5, 0.6) is 0 Å². The molecule has 0 aliphatic carbocycles. The summed E-state index contributed by atoms with van der Waals surface area (Å²) in [6.07, 6.45) is 1.01. The van der Waals surface area contributed by atoms with Crippen molar-refractivity contribution >= 4 is 15.9 Å². The maximum atomic E-state index is 9.01. The fourth-order valence-corrected chi connectivity index (χ4v) is 1.99. The lowest BCUT2D eigenvalue weighted by Crippen LogP contribution is -2.32. The molecule has 1 aromatic carbocycles. The summed E-state index contributed by atoms with van der Waals surface area (Å²) < 4.78 is 1.09. The molecule has 15 heavy (non-hydrogen) atoms. The Bertz CT molecular complexity index is 303. The second-order valence-corrected chi connectivity index (χ2v) is 4.68. The molecular formula is C12H18BrNO. The molecule has 0 saturated heterocycles. The Kier molecular flexibility index (Phi) is 5.29. The first kappa shape index (κ1) is 12.7. The summed E-state index contributed by atoms with van der Waals surface area (Å²) in [4.78, 5) is 0. The van der Waals surface area contributed by atoms with E-state index in [9.17, 15) is 0 Å². The van der Waals surface area contributed by atoms with Gasteiger partial charge in [-0.2, -0.15) is 0 Å². The van der Waals surface area contributed by atoms with Crippen LogP contribution in [-0.4, -0.2) is 17.8 Å². The predicted molar refractivity (Wildman–Crippen MR) is 66.9 cm³/mol. The average molecular weight is 272 g/mol. The quantitative estimate of drug-likeness (QED) is 0.863. The number of nitrogens with one attached hydrogen (secondary N) is 1. The molecule has 2 atom stereocenters. The lowest BCUT2D eigenvalue weighted by molar-refractivity contribution is 0.239. The number of aliphatic hydroxyl groups is 1. The number of halogens is 1. The van der Waals surface area contributed by atoms with E-state index in [1.807, 2.05) is 19.1 Å². The van der Waals surface area contributed by atoms with Crippen LogP contribution in [0.3, 0.4) is 0 Å². The first-order chi connectivity index (χ1) is 7.17. The molecule has 0 radical (unpaired) electrons. The van der Waals surface area contributed by atoms with Crippen molar-refractivity contribution in [2.45, 2.75) is 32.4 Å². The zero-order valence-corrected chi connectivity index (χ0v) is 10.8. The van der Waals surface area contributed by atoms with Gasteiger partial charge in [0.2, 0.25) is 0 Å². The lowest BCUT2D eigenvalue weighted by atomic mass is 10.0. The van der Waals surface area contributed by atoms with Crippen LogP contribution in [-0.2, 0) is 0 Å². The minimum atomic E-state index is 0.133. The van der Waals surface area contributed by atoms with Crippen LogP contribution >= 0.6 is 15.9 Å². The Morgan fingerprint density at radius 1 is 1.47 bits per heavy atom. The highest BCUT2D eigenvalue weighted by Gasteiger charge is 2.11. The molecule has 0 bridgehead atoms. The molecule has 0 heterocycles. The topological polar surface area (TPSA) is 32.3 Å². The van der Waals surface area contributed by atoms with E-state index < -0.39 is 0 Å². The second-order valence-electron chi connectivity index (χ2n) is 3.77. The van der Waals surface area contributed by atoms with E-state index in [-0.39, 0.29) is 12.6 Å². The zero-order chi connectivity index (χ0) is 11.3. The molecule has 3 heteroatoms. The number of benzene rings is 1. The van der Waals surface area contributed by atoms with Crippen molar-refractivity contribution in [1.29, 1.82) is 0 Å². The fourth-order valence-electron chi connectivity index (χ4n) is 1.57. The Morgan fingerprint density at radius 2 is 2.20 bits per heavy atom. The van der Waals surface area contributed by atoms with Crippen molar-refractivity contribution in [1.82, 2.24) is 5.32 Å². The predicted octanol–water partition coefficient (Wildman–Crippen LogP) is 2.87. The van der Waals surface area contributed by atoms with Gasteiger partial charge in [0.25, 0.3) is 0 Å². The Morgan fingerprint density at radius 3 is 2.73 bits per heavy atom. The van der Waals surface area contributed by atoms with Crippen molar-refractivity contribution in [3.63, 3.8) is 0 Å². The third-order valence-corrected chi connectivity index (χ3v) is 2.91. The molecule has 84 valence electrons. The third kappa shape index (κ3) is 3.93. The summed E-state index contributed by atoms with van der Waals surface area (Å²) in [6, 6.07) is 8.72. The van der Waals surface area contributed by atoms with Crippen LogP contribution in [0, 0.1) is 0 Å². The van der Waals surface area contributed by atoms with E-state index in [1.54, 1.807) is 0 Å². The molecule has 1 rings (SSSR count). The molecule has 0 spiro atoms. The van der Waals surface area contributed by atoms with Gasteiger partial charge < -0.3 is 10.4 Å². The highest BCUT2D eigenvalue weighted by molar-refractivity contribution is 9.10. The highest BCUT2D eigenvalue weighted by Crippen LogP contribution is 2.20. The summed E-state index contributed by atoms with van der Waals surface area (Å²) in [6.45, 7) is 4.30. The number of aliphatic hydroxyl groups excluding tert-OH is 1. The van der Waals surface area contributed by atoms with E-state index >= 15 is 0 Å². The number of rotatable bonds is 5. The third-order valence-electron chi connectivity index (χ3n) is 2.42. The van der Waals surface area contributed by atoms with Gasteiger partial charge in [0.15, 0.2) is 0 Å². The van der Waals surface area contributed by atoms with Gasteiger partial charge in [-0.05, 0) is 31.0 Å². The molecule has 2 unspecified atom stereocenters. The largest absolute Gasteiger partial charge is 0.395 e. The zero-order valence-electron chi connectivity index (χ0n) is 9.20. The minimum Gasteiger partial charge on any atom is -0.395 e. The minimum absolute atomic E-state index is 0.133. The molecule has 0 aliphatic heterocycles. The molecule has 0 saturated carbocycles. The van der Waals surface area contributed by atoms with Crippen LogP contribution in [0.15, 0.2) is 28.7 Å². The van der Waals surface area contributed by atoms with Gasteiger partial charge in [0.05, 0.1) is 6.61 Å². The fraction of sp³-hybridized carbons (Fsp3) is 0.500. The summed E-state index contributed by atoms with van der Waals surface area (Å²) in [5.41, 5.74) is 1.26. The standard InChI is InChI=1S/C12H18BrNO/c1-3-12(14-9(2)8-15)10-5-4-6-11(13)7-10/h4-7,9,12,14-15H,3,8H2,1-2H3. The summed E-state index contributed by atoms with van der Waals surface area (Å²) in [5, 5.41) is 12.4. The maximum Gasteiger partial charge on any atom is 0.0582 e. The van der Waals surface area contributed by atoms with E-state index in [2.05, 4.69) is 40.3 Å². The molecule has 2 N–H and O–H groups in total. The summed E-state index contributed by atoms with van der Waals surface area (Å²) in [7, 11) is 0. The number of hydrogen-bond donors (Lipinski definition) is 2. The second kappa shape index (κ2) is 6.26. The van der Waals surface area contributed by atoms with Crippen molar-refractivity contribution in [2.75, 3.05) is 6.61 Å². The van der Waals surface area contributed by atoms with Gasteiger partial charge in [-0.1, -0.05) is 35.0 Å². The Hall–Kier alpha value is -0.380. The summed E-state index contributed by atoms with van der Waals surface area (Å²) in [5.74, 6) is 0. The highest BCUT2D eigenvalue weighted by atomic mass is 79.9. The maximum absolute atomic E-state index is 9.01. The van der Waals surface area contributed by atoms with Crippen LogP contribution < -0.4 is 5.32 Å². The lowest BCUT2D eigenvalue weighted by Gasteiger charge is -2.21. The van der Waals surface area contributed by atoms with Crippen molar-refractivity contribution in [2.24, 2.45) is 0 Å². The monoisotopic (exact) mass is 271 g/mol. The smallest absolute Gasteiger partial charge is 0.0582 e. The van der Waals surface area contributed by atoms with Crippen LogP contribution in [0.2, 0.25) is 0 Å². The summed E-state index contributed by atoms with van der Waals surface area (Å²) >= 11 is 3.47. The Balaban J connectivity index is 2.73. The molecule has 1 aromatic rings. The van der Waals surface area contributed by atoms with Crippen molar-refractivity contribution < 1.29 is 5.11 Å². The van der Waals surface area contributed by atoms with Crippen LogP contribution in [0.1, 0.15) is 31.9 Å². The SMILES string of the molecule is CCC(NC(C)CO)c1cccc(Br)c1. The molecule has 0 aromatic heterocycles. The van der Waals surface area contributed by atoms with Gasteiger partial charge in [0, 0.05) is 16.6 Å². The van der Waals surface area contributed by atoms with Gasteiger partial charge in [-0.15, -0.1) is 0 Å². The first-order valence-corrected chi connectivity index (χ1v) is 6.09. The van der Waals surface area contributed by atoms with Crippen molar-refractivity contribution in [3.8, 4) is 0 Å². The van der Waals surface area contributed by atoms with E-state index in [0.29, 0.717) is 6.04 Å². The molecule has 0 amide bonds. The molecule has 2 nitrogen and oxygen atoms in total. The molecular weight excluding hydrogens is 254 g/mol.